The topological polar surface area (TPSA) is 25.4 Å². The number of aromatic nitrogens is 1. The number of nitrogens with zero attached hydrogens (tertiary/aromatic N) is 2. The van der Waals surface area contributed by atoms with Crippen LogP contribution in [0.15, 0.2) is 35.8 Å². The number of likely N-dealkylation sites (tertiary alicyclic amines) is 1. The number of benzene rings is 1. The molecular formula is C16H19FN2OS. The van der Waals surface area contributed by atoms with Gasteiger partial charge in [-0.2, -0.15) is 0 Å². The molecule has 0 aliphatic carbocycles. The van der Waals surface area contributed by atoms with Gasteiger partial charge in [-0.05, 0) is 37.1 Å². The molecule has 0 N–H and O–H groups in total. The minimum absolute atomic E-state index is 0.174. The van der Waals surface area contributed by atoms with Crippen LogP contribution in [-0.4, -0.2) is 29.6 Å². The fourth-order valence-corrected chi connectivity index (χ4v) is 3.25. The summed E-state index contributed by atoms with van der Waals surface area (Å²) >= 11 is 1.53. The van der Waals surface area contributed by atoms with Crippen LogP contribution in [-0.2, 0) is 6.54 Å². The van der Waals surface area contributed by atoms with Gasteiger partial charge in [0.25, 0.3) is 5.19 Å². The number of piperidine rings is 1. The quantitative estimate of drug-likeness (QED) is 0.844. The van der Waals surface area contributed by atoms with Crippen molar-refractivity contribution in [2.75, 3.05) is 19.7 Å². The molecule has 21 heavy (non-hydrogen) atoms. The van der Waals surface area contributed by atoms with Gasteiger partial charge in [0.1, 0.15) is 5.82 Å². The zero-order valence-corrected chi connectivity index (χ0v) is 12.7. The largest absolute Gasteiger partial charge is 0.470 e. The smallest absolute Gasteiger partial charge is 0.273 e. The molecular weight excluding hydrogens is 287 g/mol. The van der Waals surface area contributed by atoms with Crippen molar-refractivity contribution >= 4 is 11.3 Å². The van der Waals surface area contributed by atoms with Crippen molar-refractivity contribution < 1.29 is 9.13 Å². The van der Waals surface area contributed by atoms with Gasteiger partial charge in [-0.15, -0.1) is 0 Å². The van der Waals surface area contributed by atoms with Gasteiger partial charge in [-0.25, -0.2) is 9.37 Å². The molecule has 2 aromatic rings. The Bertz CT molecular complexity index is 544. The second-order valence-electron chi connectivity index (χ2n) is 5.48. The first-order valence-electron chi connectivity index (χ1n) is 7.29. The third kappa shape index (κ3) is 4.25. The molecule has 0 saturated carbocycles. The van der Waals surface area contributed by atoms with E-state index in [0.717, 1.165) is 37.0 Å². The summed E-state index contributed by atoms with van der Waals surface area (Å²) in [4.78, 5) is 6.57. The Morgan fingerprint density at radius 3 is 2.95 bits per heavy atom. The van der Waals surface area contributed by atoms with E-state index in [1.165, 1.54) is 36.3 Å². The van der Waals surface area contributed by atoms with Crippen LogP contribution in [0.3, 0.4) is 0 Å². The van der Waals surface area contributed by atoms with Crippen molar-refractivity contribution in [2.45, 2.75) is 19.4 Å². The number of thiazole rings is 1. The normalized spacial score (nSPS) is 19.6. The molecule has 1 unspecified atom stereocenters. The van der Waals surface area contributed by atoms with E-state index in [0.29, 0.717) is 5.92 Å². The van der Waals surface area contributed by atoms with Crippen LogP contribution in [0, 0.1) is 11.7 Å². The summed E-state index contributed by atoms with van der Waals surface area (Å²) in [6.45, 7) is 3.75. The second kappa shape index (κ2) is 7.00. The lowest BCUT2D eigenvalue weighted by Crippen LogP contribution is -2.37. The molecule has 1 aromatic carbocycles. The molecule has 2 heterocycles. The third-order valence-electron chi connectivity index (χ3n) is 3.77. The highest BCUT2D eigenvalue weighted by atomic mass is 32.1. The van der Waals surface area contributed by atoms with Gasteiger partial charge >= 0.3 is 0 Å². The Morgan fingerprint density at radius 1 is 1.33 bits per heavy atom. The van der Waals surface area contributed by atoms with E-state index in [-0.39, 0.29) is 5.82 Å². The second-order valence-corrected chi connectivity index (χ2v) is 6.34. The van der Waals surface area contributed by atoms with E-state index in [1.807, 2.05) is 17.5 Å². The fourth-order valence-electron chi connectivity index (χ4n) is 2.75. The molecule has 0 bridgehead atoms. The monoisotopic (exact) mass is 306 g/mol. The zero-order valence-electron chi connectivity index (χ0n) is 11.9. The van der Waals surface area contributed by atoms with E-state index in [1.54, 1.807) is 6.20 Å². The van der Waals surface area contributed by atoms with Crippen LogP contribution in [0.4, 0.5) is 4.39 Å². The van der Waals surface area contributed by atoms with E-state index in [4.69, 9.17) is 4.74 Å². The molecule has 5 heteroatoms. The molecule has 1 aromatic heterocycles. The summed E-state index contributed by atoms with van der Waals surface area (Å²) in [7, 11) is 0. The molecule has 3 rings (SSSR count). The Morgan fingerprint density at radius 2 is 2.19 bits per heavy atom. The van der Waals surface area contributed by atoms with Crippen molar-refractivity contribution in [2.24, 2.45) is 5.92 Å². The SMILES string of the molecule is Fc1ccc(CN2CCCC(COc3nccs3)C2)cc1. The molecule has 1 aliphatic heterocycles. The first kappa shape index (κ1) is 14.5. The Labute approximate surface area is 128 Å². The third-order valence-corrected chi connectivity index (χ3v) is 4.46. The number of hydrogen-bond acceptors (Lipinski definition) is 4. The summed E-state index contributed by atoms with van der Waals surface area (Å²) in [5, 5.41) is 2.68. The van der Waals surface area contributed by atoms with E-state index in [9.17, 15) is 4.39 Å². The highest BCUT2D eigenvalue weighted by Gasteiger charge is 2.20. The molecule has 1 aliphatic rings. The van der Waals surface area contributed by atoms with Crippen molar-refractivity contribution in [3.63, 3.8) is 0 Å². The maximum Gasteiger partial charge on any atom is 0.273 e. The van der Waals surface area contributed by atoms with Gasteiger partial charge in [0.05, 0.1) is 6.61 Å². The van der Waals surface area contributed by atoms with Gasteiger partial charge in [0.15, 0.2) is 0 Å². The molecule has 1 fully saturated rings. The Balaban J connectivity index is 1.49. The van der Waals surface area contributed by atoms with Crippen LogP contribution in [0.2, 0.25) is 0 Å². The van der Waals surface area contributed by atoms with Crippen LogP contribution in [0.1, 0.15) is 18.4 Å². The number of halogens is 1. The number of hydrogen-bond donors (Lipinski definition) is 0. The highest BCUT2D eigenvalue weighted by Crippen LogP contribution is 2.21. The number of ether oxygens (including phenoxy) is 1. The summed E-state index contributed by atoms with van der Waals surface area (Å²) in [5.41, 5.74) is 1.16. The van der Waals surface area contributed by atoms with Gasteiger partial charge < -0.3 is 4.74 Å². The zero-order chi connectivity index (χ0) is 14.5. The molecule has 0 radical (unpaired) electrons. The lowest BCUT2D eigenvalue weighted by molar-refractivity contribution is 0.125. The van der Waals surface area contributed by atoms with Crippen LogP contribution in [0.5, 0.6) is 5.19 Å². The van der Waals surface area contributed by atoms with Crippen LogP contribution in [0.25, 0.3) is 0 Å². The van der Waals surface area contributed by atoms with Crippen LogP contribution < -0.4 is 4.74 Å². The molecule has 3 nitrogen and oxygen atoms in total. The maximum absolute atomic E-state index is 12.9. The minimum Gasteiger partial charge on any atom is -0.470 e. The number of rotatable bonds is 5. The molecule has 1 atom stereocenters. The average Bonchev–Trinajstić information content (AvgIpc) is 3.01. The van der Waals surface area contributed by atoms with Crippen LogP contribution >= 0.6 is 11.3 Å². The van der Waals surface area contributed by atoms with Crippen molar-refractivity contribution in [3.8, 4) is 5.19 Å². The van der Waals surface area contributed by atoms with Gasteiger partial charge in [0.2, 0.25) is 0 Å². The Hall–Kier alpha value is -1.46. The molecule has 0 spiro atoms. The molecule has 1 saturated heterocycles. The first-order valence-corrected chi connectivity index (χ1v) is 8.16. The van der Waals surface area contributed by atoms with E-state index >= 15 is 0 Å². The molecule has 112 valence electrons. The summed E-state index contributed by atoms with van der Waals surface area (Å²) in [5.74, 6) is 0.371. The Kier molecular flexibility index (Phi) is 4.83. The van der Waals surface area contributed by atoms with E-state index in [2.05, 4.69) is 9.88 Å². The average molecular weight is 306 g/mol. The van der Waals surface area contributed by atoms with Crippen molar-refractivity contribution in [1.29, 1.82) is 0 Å². The van der Waals surface area contributed by atoms with Crippen molar-refractivity contribution in [3.05, 3.63) is 47.2 Å². The van der Waals surface area contributed by atoms with Gasteiger partial charge in [-0.1, -0.05) is 23.5 Å². The highest BCUT2D eigenvalue weighted by molar-refractivity contribution is 7.11. The van der Waals surface area contributed by atoms with Gasteiger partial charge in [-0.3, -0.25) is 4.90 Å². The maximum atomic E-state index is 12.9. The lowest BCUT2D eigenvalue weighted by Gasteiger charge is -2.32. The van der Waals surface area contributed by atoms with Crippen molar-refractivity contribution in [1.82, 2.24) is 9.88 Å². The first-order chi connectivity index (χ1) is 10.3. The summed E-state index contributed by atoms with van der Waals surface area (Å²) in [6.07, 6.45) is 4.15. The standard InChI is InChI=1S/C16H19FN2OS/c17-15-5-3-13(4-6-15)10-19-8-1-2-14(11-19)12-20-16-18-7-9-21-16/h3-7,9,14H,1-2,8,10-12H2. The predicted molar refractivity (Wildman–Crippen MR) is 82.0 cm³/mol. The minimum atomic E-state index is -0.174. The summed E-state index contributed by atoms with van der Waals surface area (Å²) < 4.78 is 18.7. The summed E-state index contributed by atoms with van der Waals surface area (Å²) in [6, 6.07) is 6.79. The lowest BCUT2D eigenvalue weighted by atomic mass is 9.98. The predicted octanol–water partition coefficient (Wildman–Crippen LogP) is 3.57. The molecule has 0 amide bonds. The van der Waals surface area contributed by atoms with Gasteiger partial charge in [0, 0.05) is 30.6 Å². The fraction of sp³-hybridized carbons (Fsp3) is 0.438. The van der Waals surface area contributed by atoms with E-state index < -0.39 is 0 Å².